The molecule has 0 spiro atoms. The highest BCUT2D eigenvalue weighted by molar-refractivity contribution is 5.74. The minimum atomic E-state index is -0.723. The van der Waals surface area contributed by atoms with Crippen LogP contribution in [0.3, 0.4) is 0 Å². The summed E-state index contributed by atoms with van der Waals surface area (Å²) in [5.74, 6) is -0.976. The quantitative estimate of drug-likeness (QED) is 0.691. The summed E-state index contributed by atoms with van der Waals surface area (Å²) in [5.41, 5.74) is 3.48. The van der Waals surface area contributed by atoms with Crippen molar-refractivity contribution in [1.82, 2.24) is 20.4 Å². The van der Waals surface area contributed by atoms with E-state index in [0.717, 1.165) is 31.4 Å². The molecule has 2 rings (SSSR count). The maximum atomic E-state index is 11.9. The van der Waals surface area contributed by atoms with E-state index in [4.69, 9.17) is 5.11 Å². The van der Waals surface area contributed by atoms with E-state index in [1.165, 1.54) is 11.3 Å². The van der Waals surface area contributed by atoms with Gasteiger partial charge in [-0.15, -0.1) is 0 Å². The molecule has 7 heteroatoms. The van der Waals surface area contributed by atoms with Crippen LogP contribution in [0.2, 0.25) is 0 Å². The Labute approximate surface area is 142 Å². The van der Waals surface area contributed by atoms with Gasteiger partial charge in [0.2, 0.25) is 0 Å². The average molecular weight is 336 g/mol. The van der Waals surface area contributed by atoms with Crippen LogP contribution in [0.25, 0.3) is 0 Å². The van der Waals surface area contributed by atoms with E-state index in [2.05, 4.69) is 22.7 Å². The van der Waals surface area contributed by atoms with Gasteiger partial charge in [-0.2, -0.15) is 5.10 Å². The summed E-state index contributed by atoms with van der Waals surface area (Å²) in [4.78, 5) is 22.8. The number of hydrogen-bond donors (Lipinski definition) is 3. The number of carboxylic acids is 1. The van der Waals surface area contributed by atoms with Crippen molar-refractivity contribution in [3.05, 3.63) is 17.0 Å². The van der Waals surface area contributed by atoms with Gasteiger partial charge in [0.15, 0.2) is 0 Å². The van der Waals surface area contributed by atoms with Gasteiger partial charge in [-0.1, -0.05) is 0 Å². The number of carboxylic acid groups (broad SMARTS) is 1. The molecule has 1 aromatic rings. The lowest BCUT2D eigenvalue weighted by Gasteiger charge is -2.26. The van der Waals surface area contributed by atoms with E-state index >= 15 is 0 Å². The molecule has 0 bridgehead atoms. The number of hydrogen-bond acceptors (Lipinski definition) is 3. The SMILES string of the molecule is Cc1nn(C)c(C)c1CCCNC(=O)NC1CCC(C(=O)O)CC1. The molecule has 1 aromatic heterocycles. The number of aromatic nitrogens is 2. The summed E-state index contributed by atoms with van der Waals surface area (Å²) in [7, 11) is 1.94. The number of carbonyl (C=O) groups excluding carboxylic acids is 1. The molecule has 0 aliphatic heterocycles. The Hall–Kier alpha value is -2.05. The number of carbonyl (C=O) groups is 2. The lowest BCUT2D eigenvalue weighted by Crippen LogP contribution is -2.44. The van der Waals surface area contributed by atoms with Crippen LogP contribution in [0.15, 0.2) is 0 Å². The summed E-state index contributed by atoms with van der Waals surface area (Å²) >= 11 is 0. The summed E-state index contributed by atoms with van der Waals surface area (Å²) in [6.45, 7) is 4.68. The molecule has 0 aromatic carbocycles. The average Bonchev–Trinajstić information content (AvgIpc) is 2.77. The van der Waals surface area contributed by atoms with Gasteiger partial charge in [0, 0.05) is 25.3 Å². The Balaban J connectivity index is 1.64. The lowest BCUT2D eigenvalue weighted by molar-refractivity contribution is -0.142. The van der Waals surface area contributed by atoms with E-state index in [-0.39, 0.29) is 18.0 Å². The first-order valence-electron chi connectivity index (χ1n) is 8.64. The molecule has 7 nitrogen and oxygen atoms in total. The smallest absolute Gasteiger partial charge is 0.315 e. The zero-order valence-corrected chi connectivity index (χ0v) is 14.8. The number of nitrogens with one attached hydrogen (secondary N) is 2. The molecule has 0 unspecified atom stereocenters. The van der Waals surface area contributed by atoms with Gasteiger partial charge in [0.05, 0.1) is 11.6 Å². The van der Waals surface area contributed by atoms with Crippen molar-refractivity contribution in [2.75, 3.05) is 6.54 Å². The molecule has 1 fully saturated rings. The van der Waals surface area contributed by atoms with Gasteiger partial charge in [-0.05, 0) is 57.9 Å². The summed E-state index contributed by atoms with van der Waals surface area (Å²) in [6.07, 6.45) is 4.51. The first kappa shape index (κ1) is 18.3. The third kappa shape index (κ3) is 4.72. The highest BCUT2D eigenvalue weighted by Gasteiger charge is 2.26. The molecule has 0 saturated heterocycles. The molecule has 24 heavy (non-hydrogen) atoms. The third-order valence-corrected chi connectivity index (χ3v) is 4.96. The van der Waals surface area contributed by atoms with Crippen molar-refractivity contribution in [3.63, 3.8) is 0 Å². The molecule has 0 radical (unpaired) electrons. The van der Waals surface area contributed by atoms with Crippen LogP contribution in [0.4, 0.5) is 4.79 Å². The standard InChI is InChI=1S/C17H28N4O3/c1-11-15(12(2)21(3)20-11)5-4-10-18-17(24)19-14-8-6-13(7-9-14)16(22)23/h13-14H,4-10H2,1-3H3,(H,22,23)(H2,18,19,24). The van der Waals surface area contributed by atoms with Gasteiger partial charge < -0.3 is 15.7 Å². The topological polar surface area (TPSA) is 96.3 Å². The van der Waals surface area contributed by atoms with Crippen LogP contribution >= 0.6 is 0 Å². The normalized spacial score (nSPS) is 20.6. The van der Waals surface area contributed by atoms with E-state index in [1.54, 1.807) is 0 Å². The van der Waals surface area contributed by atoms with Crippen LogP contribution in [0.1, 0.15) is 49.1 Å². The van der Waals surface area contributed by atoms with Gasteiger partial charge >= 0.3 is 12.0 Å². The molecule has 134 valence electrons. The van der Waals surface area contributed by atoms with E-state index in [1.807, 2.05) is 18.7 Å². The number of urea groups is 1. The van der Waals surface area contributed by atoms with Crippen LogP contribution in [-0.2, 0) is 18.3 Å². The fourth-order valence-electron chi connectivity index (χ4n) is 3.37. The Morgan fingerprint density at radius 3 is 2.46 bits per heavy atom. The maximum absolute atomic E-state index is 11.9. The molecule has 1 aliphatic carbocycles. The Morgan fingerprint density at radius 1 is 1.25 bits per heavy atom. The molecular formula is C17H28N4O3. The van der Waals surface area contributed by atoms with E-state index in [9.17, 15) is 9.59 Å². The first-order valence-corrected chi connectivity index (χ1v) is 8.64. The number of nitrogens with zero attached hydrogens (tertiary/aromatic N) is 2. The molecule has 0 atom stereocenters. The van der Waals surface area contributed by atoms with Crippen molar-refractivity contribution in [3.8, 4) is 0 Å². The van der Waals surface area contributed by atoms with Crippen LogP contribution < -0.4 is 10.6 Å². The number of aryl methyl sites for hydroxylation is 2. The fourth-order valence-corrected chi connectivity index (χ4v) is 3.37. The van der Waals surface area contributed by atoms with Crippen LogP contribution in [0, 0.1) is 19.8 Å². The monoisotopic (exact) mass is 336 g/mol. The van der Waals surface area contributed by atoms with Crippen LogP contribution in [0.5, 0.6) is 0 Å². The predicted molar refractivity (Wildman–Crippen MR) is 90.9 cm³/mol. The van der Waals surface area contributed by atoms with Crippen molar-refractivity contribution in [2.45, 2.75) is 58.4 Å². The lowest BCUT2D eigenvalue weighted by atomic mass is 9.86. The zero-order valence-electron chi connectivity index (χ0n) is 14.8. The van der Waals surface area contributed by atoms with Crippen molar-refractivity contribution in [1.29, 1.82) is 0 Å². The predicted octanol–water partition coefficient (Wildman–Crippen LogP) is 1.91. The Morgan fingerprint density at radius 2 is 1.92 bits per heavy atom. The third-order valence-electron chi connectivity index (χ3n) is 4.96. The van der Waals surface area contributed by atoms with E-state index in [0.29, 0.717) is 19.4 Å². The molecule has 3 N–H and O–H groups in total. The largest absolute Gasteiger partial charge is 0.481 e. The zero-order chi connectivity index (χ0) is 17.7. The molecule has 1 aliphatic rings. The highest BCUT2D eigenvalue weighted by Crippen LogP contribution is 2.24. The van der Waals surface area contributed by atoms with Crippen molar-refractivity contribution in [2.24, 2.45) is 13.0 Å². The van der Waals surface area contributed by atoms with E-state index < -0.39 is 5.97 Å². The molecule has 1 heterocycles. The number of aliphatic carboxylic acids is 1. The van der Waals surface area contributed by atoms with Crippen LogP contribution in [-0.4, -0.2) is 39.5 Å². The maximum Gasteiger partial charge on any atom is 0.315 e. The molecular weight excluding hydrogens is 308 g/mol. The number of amides is 2. The summed E-state index contributed by atoms with van der Waals surface area (Å²) in [5, 5.41) is 19.2. The Bertz CT molecular complexity index is 589. The van der Waals surface area contributed by atoms with Gasteiger partial charge in [-0.3, -0.25) is 9.48 Å². The molecule has 1 saturated carbocycles. The van der Waals surface area contributed by atoms with Gasteiger partial charge in [0.25, 0.3) is 0 Å². The second-order valence-electron chi connectivity index (χ2n) is 6.66. The van der Waals surface area contributed by atoms with Gasteiger partial charge in [-0.25, -0.2) is 4.79 Å². The first-order chi connectivity index (χ1) is 11.4. The second-order valence-corrected chi connectivity index (χ2v) is 6.66. The van der Waals surface area contributed by atoms with Gasteiger partial charge in [0.1, 0.15) is 0 Å². The minimum Gasteiger partial charge on any atom is -0.481 e. The second kappa shape index (κ2) is 8.17. The van der Waals surface area contributed by atoms with Crippen molar-refractivity contribution >= 4 is 12.0 Å². The minimum absolute atomic E-state index is 0.0865. The molecule has 2 amide bonds. The van der Waals surface area contributed by atoms with Crippen molar-refractivity contribution < 1.29 is 14.7 Å². The summed E-state index contributed by atoms with van der Waals surface area (Å²) < 4.78 is 1.89. The highest BCUT2D eigenvalue weighted by atomic mass is 16.4. The fraction of sp³-hybridized carbons (Fsp3) is 0.706. The summed E-state index contributed by atoms with van der Waals surface area (Å²) in [6, 6.07) is -0.0724. The number of rotatable bonds is 6. The Kier molecular flexibility index (Phi) is 6.23.